The molecule has 2 aliphatic carbocycles. The molecule has 3 heteroatoms. The molecule has 7 rings (SSSR count). The van der Waals surface area contributed by atoms with Crippen molar-refractivity contribution >= 4 is 41.1 Å². The van der Waals surface area contributed by atoms with Crippen LogP contribution in [0.5, 0.6) is 0 Å². The van der Waals surface area contributed by atoms with Crippen LogP contribution in [0.2, 0.25) is 0 Å². The summed E-state index contributed by atoms with van der Waals surface area (Å²) in [5.74, 6) is 0. The molecule has 0 fully saturated rings. The Morgan fingerprint density at radius 2 is 1.02 bits per heavy atom. The minimum absolute atomic E-state index is 0.852. The fraction of sp³-hybridized carbons (Fsp3) is 0.525. The molecule has 1 nitrogen and oxygen atoms in total. The highest BCUT2D eigenvalue weighted by Crippen LogP contribution is 2.47. The van der Waals surface area contributed by atoms with E-state index in [2.05, 4.69) is 93.8 Å². The first-order valence-electron chi connectivity index (χ1n) is 26.5. The van der Waals surface area contributed by atoms with E-state index in [-0.39, 0.29) is 0 Å². The second-order valence-corrected chi connectivity index (χ2v) is 21.4. The number of carbonyl (C=O) groups excluding carboxylic acids is 1. The molecule has 0 spiro atoms. The maximum Gasteiger partial charge on any atom is 0.160 e. The molecular formula is C61H80OS2. The van der Waals surface area contributed by atoms with Gasteiger partial charge >= 0.3 is 0 Å². The Balaban J connectivity index is 1.43. The lowest BCUT2D eigenvalue weighted by Gasteiger charge is -2.26. The summed E-state index contributed by atoms with van der Waals surface area (Å²) in [4.78, 5) is 15.8. The van der Waals surface area contributed by atoms with Crippen LogP contribution >= 0.6 is 22.7 Å². The van der Waals surface area contributed by atoms with Gasteiger partial charge in [0.1, 0.15) is 0 Å². The highest BCUT2D eigenvalue weighted by atomic mass is 32.1. The maximum absolute atomic E-state index is 12.3. The zero-order valence-electron chi connectivity index (χ0n) is 40.5. The molecule has 2 heterocycles. The molecule has 0 saturated heterocycles. The van der Waals surface area contributed by atoms with Gasteiger partial charge in [0.15, 0.2) is 6.29 Å². The van der Waals surface area contributed by atoms with Crippen LogP contribution in [0.15, 0.2) is 53.9 Å². The molecule has 3 aromatic carbocycles. The van der Waals surface area contributed by atoms with Gasteiger partial charge < -0.3 is 0 Å². The van der Waals surface area contributed by atoms with E-state index in [0.717, 1.165) is 36.8 Å². The lowest BCUT2D eigenvalue weighted by atomic mass is 9.79. The van der Waals surface area contributed by atoms with E-state index < -0.39 is 0 Å². The van der Waals surface area contributed by atoms with E-state index in [1.807, 2.05) is 11.3 Å². The summed E-state index contributed by atoms with van der Waals surface area (Å²) in [5.41, 5.74) is 18.2. The minimum atomic E-state index is 0.852. The number of benzene rings is 3. The molecule has 0 radical (unpaired) electrons. The monoisotopic (exact) mass is 893 g/mol. The fourth-order valence-electron chi connectivity index (χ4n) is 11.0. The van der Waals surface area contributed by atoms with Crippen molar-refractivity contribution in [3.8, 4) is 43.1 Å². The quantitative estimate of drug-likeness (QED) is 0.0313. The van der Waals surface area contributed by atoms with Crippen LogP contribution < -0.4 is 10.4 Å². The van der Waals surface area contributed by atoms with Gasteiger partial charge in [-0.2, -0.15) is 0 Å². The molecule has 342 valence electrons. The van der Waals surface area contributed by atoms with Crippen molar-refractivity contribution in [2.24, 2.45) is 0 Å². The lowest BCUT2D eigenvalue weighted by Crippen LogP contribution is -2.19. The smallest absolute Gasteiger partial charge is 0.160 e. The molecule has 0 N–H and O–H groups in total. The van der Waals surface area contributed by atoms with E-state index in [0.29, 0.717) is 0 Å². The summed E-state index contributed by atoms with van der Waals surface area (Å²) in [5, 5.41) is 5.15. The summed E-state index contributed by atoms with van der Waals surface area (Å²) in [6.45, 7) is 9.32. The van der Waals surface area contributed by atoms with Gasteiger partial charge in [-0.3, -0.25) is 4.79 Å². The Bertz CT molecular complexity index is 2370. The molecular weight excluding hydrogens is 813 g/mol. The zero-order valence-corrected chi connectivity index (χ0v) is 42.1. The standard InChI is InChI=1S/C61H80OS2/c1-5-9-13-17-21-25-30-50-51(31-26-22-18-14-10-6-2)61-56(53(33-28-24-20-16-12-8-4)60(50)58-38-36-48(44-62)64-58)43-47-42-54-49-37-35-45(57-34-29-39-63-57)40-46(49)41-55(54)52(59(47)61)32-27-23-19-15-11-7-3/h29,34-44H,5-28,30-33H2,1-4H3. The average Bonchev–Trinajstić information content (AvgIpc) is 4.15. The SMILES string of the molecule is CCCCCCCCc1c(CCCCCCCC)c(-c2ccc(C=O)s2)c(CCCCCCCC)c2c1-c1c(CCCCCCCC)c3c(cc1=C2)-c1ccc(-c2cccs2)cc1C=3. The van der Waals surface area contributed by atoms with Gasteiger partial charge in [-0.1, -0.05) is 174 Å². The Morgan fingerprint density at radius 3 is 1.56 bits per heavy atom. The number of rotatable bonds is 31. The van der Waals surface area contributed by atoms with Gasteiger partial charge in [-0.15, -0.1) is 22.7 Å². The topological polar surface area (TPSA) is 17.1 Å². The number of hydrogen-bond acceptors (Lipinski definition) is 3. The number of unbranched alkanes of at least 4 members (excludes halogenated alkanes) is 20. The minimum Gasteiger partial charge on any atom is -0.297 e. The second-order valence-electron chi connectivity index (χ2n) is 19.3. The van der Waals surface area contributed by atoms with Gasteiger partial charge in [0, 0.05) is 9.75 Å². The number of aldehydes is 1. The summed E-state index contributed by atoms with van der Waals surface area (Å²) in [6.07, 6.45) is 42.2. The van der Waals surface area contributed by atoms with Gasteiger partial charge in [0.05, 0.1) is 4.88 Å². The Kier molecular flexibility index (Phi) is 19.2. The van der Waals surface area contributed by atoms with E-state index in [1.165, 1.54) is 208 Å². The van der Waals surface area contributed by atoms with Crippen LogP contribution in [-0.2, 0) is 25.7 Å². The van der Waals surface area contributed by atoms with Crippen molar-refractivity contribution in [1.82, 2.24) is 0 Å². The Labute approximate surface area is 396 Å². The summed E-state index contributed by atoms with van der Waals surface area (Å²) < 4.78 is 0. The molecule has 2 aliphatic rings. The third-order valence-electron chi connectivity index (χ3n) is 14.5. The van der Waals surface area contributed by atoms with Gasteiger partial charge in [-0.25, -0.2) is 0 Å². The Morgan fingerprint density at radius 1 is 0.469 bits per heavy atom. The number of thiophene rings is 2. The third kappa shape index (κ3) is 11.9. The molecule has 64 heavy (non-hydrogen) atoms. The Hall–Kier alpha value is -3.53. The molecule has 0 bridgehead atoms. The van der Waals surface area contributed by atoms with Crippen LogP contribution in [0.1, 0.15) is 225 Å². The van der Waals surface area contributed by atoms with Crippen LogP contribution in [0.25, 0.3) is 55.3 Å². The predicted octanol–water partition coefficient (Wildman–Crippen LogP) is 18.2. The van der Waals surface area contributed by atoms with E-state index >= 15 is 0 Å². The first-order chi connectivity index (χ1) is 31.6. The van der Waals surface area contributed by atoms with Crippen molar-refractivity contribution < 1.29 is 4.79 Å². The molecule has 0 unspecified atom stereocenters. The number of carbonyl (C=O) groups is 1. The summed E-state index contributed by atoms with van der Waals surface area (Å²) in [7, 11) is 0. The first-order valence-corrected chi connectivity index (χ1v) is 28.1. The van der Waals surface area contributed by atoms with Crippen LogP contribution in [0.4, 0.5) is 0 Å². The van der Waals surface area contributed by atoms with Crippen LogP contribution in [0, 0.1) is 0 Å². The van der Waals surface area contributed by atoms with E-state index in [1.54, 1.807) is 44.7 Å². The van der Waals surface area contributed by atoms with Crippen molar-refractivity contribution in [3.63, 3.8) is 0 Å². The molecule has 0 saturated carbocycles. The number of hydrogen-bond donors (Lipinski definition) is 0. The highest BCUT2D eigenvalue weighted by Gasteiger charge is 2.31. The van der Waals surface area contributed by atoms with Crippen LogP contribution in [0.3, 0.4) is 0 Å². The largest absolute Gasteiger partial charge is 0.297 e. The first kappa shape index (κ1) is 48.4. The van der Waals surface area contributed by atoms with Crippen LogP contribution in [-0.4, -0.2) is 6.29 Å². The average molecular weight is 893 g/mol. The summed E-state index contributed by atoms with van der Waals surface area (Å²) >= 11 is 3.58. The van der Waals surface area contributed by atoms with Crippen molar-refractivity contribution in [2.45, 2.75) is 207 Å². The van der Waals surface area contributed by atoms with E-state index in [9.17, 15) is 4.79 Å². The fourth-order valence-corrected chi connectivity index (χ4v) is 12.7. The summed E-state index contributed by atoms with van der Waals surface area (Å²) in [6, 6.07) is 18.7. The van der Waals surface area contributed by atoms with Gasteiger partial charge in [0.2, 0.25) is 0 Å². The van der Waals surface area contributed by atoms with Crippen molar-refractivity contribution in [2.75, 3.05) is 0 Å². The van der Waals surface area contributed by atoms with Gasteiger partial charge in [-0.05, 0) is 176 Å². The molecule has 0 atom stereocenters. The second kappa shape index (κ2) is 25.4. The molecule has 0 aliphatic heterocycles. The van der Waals surface area contributed by atoms with Crippen molar-refractivity contribution in [3.05, 3.63) is 103 Å². The van der Waals surface area contributed by atoms with Crippen molar-refractivity contribution in [1.29, 1.82) is 0 Å². The molecule has 5 aromatic rings. The number of fused-ring (bicyclic) bond motifs is 6. The predicted molar refractivity (Wildman–Crippen MR) is 284 cm³/mol. The normalized spacial score (nSPS) is 12.2. The third-order valence-corrected chi connectivity index (χ3v) is 16.4. The molecule has 2 aromatic heterocycles. The lowest BCUT2D eigenvalue weighted by molar-refractivity contribution is 0.112. The zero-order chi connectivity index (χ0) is 44.5. The van der Waals surface area contributed by atoms with E-state index in [4.69, 9.17) is 0 Å². The highest BCUT2D eigenvalue weighted by molar-refractivity contribution is 7.17. The van der Waals surface area contributed by atoms with Gasteiger partial charge in [0.25, 0.3) is 0 Å². The molecule has 0 amide bonds. The maximum atomic E-state index is 12.3.